The highest BCUT2D eigenvalue weighted by Crippen LogP contribution is 2.03. The van der Waals surface area contributed by atoms with Crippen molar-refractivity contribution in [2.45, 2.75) is 13.3 Å². The van der Waals surface area contributed by atoms with Crippen LogP contribution in [0.25, 0.3) is 6.08 Å². The normalized spacial score (nSPS) is 10.5. The minimum absolute atomic E-state index is 0.0194. The monoisotopic (exact) mass is 205 g/mol. The van der Waals surface area contributed by atoms with Crippen molar-refractivity contribution in [3.8, 4) is 0 Å². The van der Waals surface area contributed by atoms with Crippen molar-refractivity contribution in [2.24, 2.45) is 0 Å². The van der Waals surface area contributed by atoms with Gasteiger partial charge in [-0.15, -0.1) is 0 Å². The second kappa shape index (κ2) is 5.05. The molecule has 0 amide bonds. The SMILES string of the molecule is CC(=O)c1ccc(C=CCC(=O)O)cn1. The molecule has 15 heavy (non-hydrogen) atoms. The van der Waals surface area contributed by atoms with Gasteiger partial charge >= 0.3 is 5.97 Å². The number of carbonyl (C=O) groups is 2. The van der Waals surface area contributed by atoms with Crippen LogP contribution in [0.4, 0.5) is 0 Å². The molecule has 78 valence electrons. The predicted molar refractivity (Wildman–Crippen MR) is 55.5 cm³/mol. The average Bonchev–Trinajstić information content (AvgIpc) is 2.18. The van der Waals surface area contributed by atoms with Crippen LogP contribution < -0.4 is 0 Å². The number of carbonyl (C=O) groups excluding carboxylic acids is 1. The van der Waals surface area contributed by atoms with Crippen LogP contribution in [-0.2, 0) is 4.79 Å². The van der Waals surface area contributed by atoms with E-state index in [2.05, 4.69) is 4.98 Å². The van der Waals surface area contributed by atoms with E-state index >= 15 is 0 Å². The Hall–Kier alpha value is -1.97. The lowest BCUT2D eigenvalue weighted by Crippen LogP contribution is -1.95. The zero-order valence-electron chi connectivity index (χ0n) is 8.30. The minimum Gasteiger partial charge on any atom is -0.481 e. The van der Waals surface area contributed by atoms with Gasteiger partial charge in [-0.25, -0.2) is 0 Å². The Labute approximate surface area is 87.3 Å². The van der Waals surface area contributed by atoms with E-state index in [1.165, 1.54) is 19.2 Å². The molecule has 0 atom stereocenters. The topological polar surface area (TPSA) is 67.3 Å². The highest BCUT2D eigenvalue weighted by atomic mass is 16.4. The van der Waals surface area contributed by atoms with Crippen LogP contribution in [0.2, 0.25) is 0 Å². The summed E-state index contributed by atoms with van der Waals surface area (Å²) in [4.78, 5) is 25.1. The summed E-state index contributed by atoms with van der Waals surface area (Å²) in [6.45, 7) is 1.45. The smallest absolute Gasteiger partial charge is 0.307 e. The van der Waals surface area contributed by atoms with E-state index in [9.17, 15) is 9.59 Å². The number of carboxylic acid groups (broad SMARTS) is 1. The van der Waals surface area contributed by atoms with Crippen molar-refractivity contribution in [2.75, 3.05) is 0 Å². The van der Waals surface area contributed by atoms with Crippen LogP contribution in [-0.4, -0.2) is 21.8 Å². The predicted octanol–water partition coefficient (Wildman–Crippen LogP) is 1.77. The Kier molecular flexibility index (Phi) is 3.74. The third-order valence-corrected chi connectivity index (χ3v) is 1.75. The quantitative estimate of drug-likeness (QED) is 0.760. The number of carboxylic acids is 1. The van der Waals surface area contributed by atoms with E-state index in [-0.39, 0.29) is 12.2 Å². The molecule has 4 nitrogen and oxygen atoms in total. The Balaban J connectivity index is 2.68. The molecule has 1 N–H and O–H groups in total. The summed E-state index contributed by atoms with van der Waals surface area (Å²) in [5.74, 6) is -0.962. The summed E-state index contributed by atoms with van der Waals surface area (Å²) < 4.78 is 0. The van der Waals surface area contributed by atoms with Crippen molar-refractivity contribution in [1.29, 1.82) is 0 Å². The molecule has 0 bridgehead atoms. The summed E-state index contributed by atoms with van der Waals surface area (Å²) in [6.07, 6.45) is 4.71. The van der Waals surface area contributed by atoms with Gasteiger partial charge < -0.3 is 5.11 Å². The fourth-order valence-electron chi connectivity index (χ4n) is 1.01. The lowest BCUT2D eigenvalue weighted by Gasteiger charge is -1.95. The maximum absolute atomic E-state index is 10.9. The molecule has 0 aromatic carbocycles. The number of ketones is 1. The van der Waals surface area contributed by atoms with Gasteiger partial charge in [-0.1, -0.05) is 18.2 Å². The summed E-state index contributed by atoms with van der Waals surface area (Å²) in [7, 11) is 0. The molecule has 1 heterocycles. The second-order valence-electron chi connectivity index (χ2n) is 3.03. The van der Waals surface area contributed by atoms with E-state index in [0.717, 1.165) is 5.56 Å². The third-order valence-electron chi connectivity index (χ3n) is 1.75. The van der Waals surface area contributed by atoms with Gasteiger partial charge in [-0.3, -0.25) is 14.6 Å². The number of Topliss-reactive ketones (excluding diaryl/α,β-unsaturated/α-hetero) is 1. The number of pyridine rings is 1. The number of hydrogen-bond acceptors (Lipinski definition) is 3. The second-order valence-corrected chi connectivity index (χ2v) is 3.03. The average molecular weight is 205 g/mol. The largest absolute Gasteiger partial charge is 0.481 e. The molecule has 0 saturated carbocycles. The molecule has 1 rings (SSSR count). The standard InChI is InChI=1S/C11H11NO3/c1-8(13)10-6-5-9(7-12-10)3-2-4-11(14)15/h2-3,5-7H,4H2,1H3,(H,14,15). The lowest BCUT2D eigenvalue weighted by atomic mass is 10.2. The van der Waals surface area contributed by atoms with Crippen LogP contribution in [0, 0.1) is 0 Å². The first kappa shape index (κ1) is 11.1. The maximum Gasteiger partial charge on any atom is 0.307 e. The van der Waals surface area contributed by atoms with Crippen molar-refractivity contribution >= 4 is 17.8 Å². The first-order valence-corrected chi connectivity index (χ1v) is 4.45. The molecule has 0 radical (unpaired) electrons. The van der Waals surface area contributed by atoms with Crippen LogP contribution in [0.15, 0.2) is 24.4 Å². The molecule has 0 unspecified atom stereocenters. The van der Waals surface area contributed by atoms with E-state index in [1.807, 2.05) is 0 Å². The number of aliphatic carboxylic acids is 1. The van der Waals surface area contributed by atoms with Gasteiger partial charge in [-0.05, 0) is 11.6 Å². The molecule has 0 spiro atoms. The summed E-state index contributed by atoms with van der Waals surface area (Å²) in [6, 6.07) is 3.34. The van der Waals surface area contributed by atoms with Crippen LogP contribution in [0.3, 0.4) is 0 Å². The third kappa shape index (κ3) is 3.72. The summed E-state index contributed by atoms with van der Waals surface area (Å²) in [5.41, 5.74) is 1.19. The van der Waals surface area contributed by atoms with E-state index in [0.29, 0.717) is 5.69 Å². The Morgan fingerprint density at radius 1 is 1.47 bits per heavy atom. The molecule has 0 aliphatic carbocycles. The van der Waals surface area contributed by atoms with Gasteiger partial charge in [0.2, 0.25) is 0 Å². The Morgan fingerprint density at radius 2 is 2.20 bits per heavy atom. The van der Waals surface area contributed by atoms with Crippen LogP contribution in [0.1, 0.15) is 29.4 Å². The Bertz CT molecular complexity index is 393. The molecule has 1 aromatic heterocycles. The fourth-order valence-corrected chi connectivity index (χ4v) is 1.01. The number of aromatic nitrogens is 1. The van der Waals surface area contributed by atoms with Gasteiger partial charge in [0.25, 0.3) is 0 Å². The van der Waals surface area contributed by atoms with E-state index in [1.54, 1.807) is 18.2 Å². The molecular weight excluding hydrogens is 194 g/mol. The highest BCUT2D eigenvalue weighted by Gasteiger charge is 1.98. The first-order valence-electron chi connectivity index (χ1n) is 4.45. The van der Waals surface area contributed by atoms with Gasteiger partial charge in [0.15, 0.2) is 5.78 Å². The molecule has 0 fully saturated rings. The van der Waals surface area contributed by atoms with E-state index in [4.69, 9.17) is 5.11 Å². The minimum atomic E-state index is -0.875. The maximum atomic E-state index is 10.9. The van der Waals surface area contributed by atoms with Gasteiger partial charge in [0.05, 0.1) is 6.42 Å². The summed E-state index contributed by atoms with van der Waals surface area (Å²) in [5, 5.41) is 8.40. The van der Waals surface area contributed by atoms with Crippen molar-refractivity contribution < 1.29 is 14.7 Å². The zero-order chi connectivity index (χ0) is 11.3. The van der Waals surface area contributed by atoms with Crippen LogP contribution in [0.5, 0.6) is 0 Å². The summed E-state index contributed by atoms with van der Waals surface area (Å²) >= 11 is 0. The van der Waals surface area contributed by atoms with Gasteiger partial charge in [0, 0.05) is 13.1 Å². The molecule has 1 aromatic rings. The van der Waals surface area contributed by atoms with Crippen molar-refractivity contribution in [1.82, 2.24) is 4.98 Å². The zero-order valence-corrected chi connectivity index (χ0v) is 8.30. The molecular formula is C11H11NO3. The fraction of sp³-hybridized carbons (Fsp3) is 0.182. The Morgan fingerprint density at radius 3 is 2.67 bits per heavy atom. The molecule has 0 aliphatic heterocycles. The van der Waals surface area contributed by atoms with E-state index < -0.39 is 5.97 Å². The van der Waals surface area contributed by atoms with Gasteiger partial charge in [0.1, 0.15) is 5.69 Å². The first-order chi connectivity index (χ1) is 7.09. The van der Waals surface area contributed by atoms with Crippen molar-refractivity contribution in [3.63, 3.8) is 0 Å². The van der Waals surface area contributed by atoms with Crippen LogP contribution >= 0.6 is 0 Å². The number of hydrogen-bond donors (Lipinski definition) is 1. The highest BCUT2D eigenvalue weighted by molar-refractivity contribution is 5.92. The number of rotatable bonds is 4. The molecule has 0 aliphatic rings. The molecule has 0 saturated heterocycles. The lowest BCUT2D eigenvalue weighted by molar-refractivity contribution is -0.135. The molecule has 4 heteroatoms. The van der Waals surface area contributed by atoms with Gasteiger partial charge in [-0.2, -0.15) is 0 Å². The number of nitrogens with zero attached hydrogens (tertiary/aromatic N) is 1. The van der Waals surface area contributed by atoms with Crippen molar-refractivity contribution in [3.05, 3.63) is 35.7 Å².